The second-order valence-corrected chi connectivity index (χ2v) is 7.96. The number of aliphatic hydroxyl groups excluding tert-OH is 1. The van der Waals surface area contributed by atoms with Gasteiger partial charge < -0.3 is 20.1 Å². The van der Waals surface area contributed by atoms with Gasteiger partial charge in [0, 0.05) is 13.0 Å². The lowest BCUT2D eigenvalue weighted by molar-refractivity contribution is -0.150. The number of carbonyl (C=O) groups is 1. The van der Waals surface area contributed by atoms with E-state index >= 15 is 0 Å². The van der Waals surface area contributed by atoms with Crippen molar-refractivity contribution in [1.29, 1.82) is 0 Å². The molecule has 0 aromatic heterocycles. The van der Waals surface area contributed by atoms with Crippen LogP contribution in [-0.4, -0.2) is 45.7 Å². The first-order chi connectivity index (χ1) is 10.8. The van der Waals surface area contributed by atoms with Gasteiger partial charge in [-0.2, -0.15) is 0 Å². The number of rotatable bonds is 2. The van der Waals surface area contributed by atoms with Crippen molar-refractivity contribution in [3.05, 3.63) is 24.3 Å². The van der Waals surface area contributed by atoms with E-state index in [0.29, 0.717) is 25.7 Å². The molecule has 3 N–H and O–H groups in total. The van der Waals surface area contributed by atoms with E-state index in [0.717, 1.165) is 12.0 Å². The molecule has 4 aliphatic rings. The van der Waals surface area contributed by atoms with Gasteiger partial charge in [0.2, 0.25) is 0 Å². The molecule has 23 heavy (non-hydrogen) atoms. The molecule has 7 atom stereocenters. The maximum Gasteiger partial charge on any atom is 0.307 e. The Morgan fingerprint density at radius 1 is 1.48 bits per heavy atom. The third kappa shape index (κ3) is 1.65. The molecule has 3 fully saturated rings. The van der Waals surface area contributed by atoms with Crippen LogP contribution in [0.5, 0.6) is 0 Å². The van der Waals surface area contributed by atoms with Crippen LogP contribution in [0.25, 0.3) is 0 Å². The van der Waals surface area contributed by atoms with Crippen LogP contribution >= 0.6 is 0 Å². The highest BCUT2D eigenvalue weighted by Crippen LogP contribution is 2.73. The SMILES string of the molecule is C=C1CC23CC1(O)CCC2C1(OC)C=CC(O)CC1C3C(=O)O. The largest absolute Gasteiger partial charge is 0.481 e. The lowest BCUT2D eigenvalue weighted by Crippen LogP contribution is -2.48. The van der Waals surface area contributed by atoms with Crippen LogP contribution in [0.3, 0.4) is 0 Å². The molecule has 0 aromatic rings. The molecule has 3 saturated carbocycles. The number of carboxylic acid groups (broad SMARTS) is 1. The van der Waals surface area contributed by atoms with Gasteiger partial charge in [-0.3, -0.25) is 4.79 Å². The van der Waals surface area contributed by atoms with Gasteiger partial charge in [0.1, 0.15) is 0 Å². The van der Waals surface area contributed by atoms with E-state index in [-0.39, 0.29) is 11.8 Å². The zero-order valence-corrected chi connectivity index (χ0v) is 13.4. The quantitative estimate of drug-likeness (QED) is 0.671. The lowest BCUT2D eigenvalue weighted by atomic mass is 9.62. The molecule has 4 rings (SSSR count). The third-order valence-electron chi connectivity index (χ3n) is 7.20. The van der Waals surface area contributed by atoms with Crippen LogP contribution in [0.15, 0.2) is 24.3 Å². The predicted octanol–water partition coefficient (Wildman–Crippen LogP) is 1.50. The summed E-state index contributed by atoms with van der Waals surface area (Å²) in [5.41, 5.74) is -1.35. The van der Waals surface area contributed by atoms with Crippen molar-refractivity contribution in [2.45, 2.75) is 49.4 Å². The molecule has 2 bridgehead atoms. The van der Waals surface area contributed by atoms with Crippen molar-refractivity contribution >= 4 is 5.97 Å². The predicted molar refractivity (Wildman–Crippen MR) is 82.6 cm³/mol. The van der Waals surface area contributed by atoms with Gasteiger partial charge in [-0.05, 0) is 49.0 Å². The zero-order valence-electron chi connectivity index (χ0n) is 13.4. The first kappa shape index (κ1) is 15.4. The molecule has 126 valence electrons. The molecule has 1 spiro atoms. The molecule has 0 radical (unpaired) electrons. The summed E-state index contributed by atoms with van der Waals surface area (Å²) in [6.07, 6.45) is 5.72. The van der Waals surface area contributed by atoms with Crippen molar-refractivity contribution in [3.8, 4) is 0 Å². The van der Waals surface area contributed by atoms with Crippen LogP contribution in [-0.2, 0) is 9.53 Å². The van der Waals surface area contributed by atoms with E-state index in [1.165, 1.54) is 0 Å². The van der Waals surface area contributed by atoms with Gasteiger partial charge in [-0.15, -0.1) is 0 Å². The lowest BCUT2D eigenvalue weighted by Gasteiger charge is -2.45. The van der Waals surface area contributed by atoms with Crippen molar-refractivity contribution in [1.82, 2.24) is 0 Å². The molecule has 0 aromatic carbocycles. The Bertz CT molecular complexity index is 613. The number of ether oxygens (including phenoxy) is 1. The fraction of sp³-hybridized carbons (Fsp3) is 0.722. The highest BCUT2D eigenvalue weighted by Gasteiger charge is 2.74. The third-order valence-corrected chi connectivity index (χ3v) is 7.20. The topological polar surface area (TPSA) is 87.0 Å². The molecule has 7 unspecified atom stereocenters. The Kier molecular flexibility index (Phi) is 2.98. The second-order valence-electron chi connectivity index (χ2n) is 7.96. The normalized spacial score (nSPS) is 54.0. The second kappa shape index (κ2) is 4.47. The van der Waals surface area contributed by atoms with E-state index in [4.69, 9.17) is 4.74 Å². The Hall–Kier alpha value is -1.17. The molecular weight excluding hydrogens is 296 g/mol. The van der Waals surface area contributed by atoms with Crippen molar-refractivity contribution in [2.75, 3.05) is 7.11 Å². The molecule has 5 heteroatoms. The molecule has 0 heterocycles. The van der Waals surface area contributed by atoms with Crippen LogP contribution in [0.2, 0.25) is 0 Å². The summed E-state index contributed by atoms with van der Waals surface area (Å²) in [4.78, 5) is 12.2. The Morgan fingerprint density at radius 3 is 2.87 bits per heavy atom. The van der Waals surface area contributed by atoms with Gasteiger partial charge in [-0.25, -0.2) is 0 Å². The van der Waals surface area contributed by atoms with E-state index < -0.39 is 34.6 Å². The van der Waals surface area contributed by atoms with Crippen molar-refractivity contribution in [2.24, 2.45) is 23.2 Å². The van der Waals surface area contributed by atoms with Gasteiger partial charge in [0.05, 0.1) is 23.2 Å². The zero-order chi connectivity index (χ0) is 16.6. The van der Waals surface area contributed by atoms with Crippen molar-refractivity contribution < 1.29 is 24.9 Å². The van der Waals surface area contributed by atoms with Crippen LogP contribution in [0, 0.1) is 23.2 Å². The molecule has 5 nitrogen and oxygen atoms in total. The number of carboxylic acids is 1. The summed E-state index contributed by atoms with van der Waals surface area (Å²) in [5.74, 6) is -1.71. The van der Waals surface area contributed by atoms with E-state index in [2.05, 4.69) is 6.58 Å². The number of hydrogen-bond acceptors (Lipinski definition) is 4. The van der Waals surface area contributed by atoms with Gasteiger partial charge in [-0.1, -0.05) is 18.7 Å². The van der Waals surface area contributed by atoms with Gasteiger partial charge >= 0.3 is 5.97 Å². The molecular formula is C18H24O5. The highest BCUT2D eigenvalue weighted by molar-refractivity contribution is 5.74. The summed E-state index contributed by atoms with van der Waals surface area (Å²) in [5, 5.41) is 30.9. The molecule has 4 aliphatic carbocycles. The maximum atomic E-state index is 12.2. The first-order valence-electron chi connectivity index (χ1n) is 8.35. The van der Waals surface area contributed by atoms with Gasteiger partial charge in [0.15, 0.2) is 0 Å². The summed E-state index contributed by atoms with van der Waals surface area (Å²) in [6, 6.07) is 0. The number of methoxy groups -OCH3 is 1. The Morgan fingerprint density at radius 2 is 2.22 bits per heavy atom. The smallest absolute Gasteiger partial charge is 0.307 e. The Balaban J connectivity index is 1.91. The number of aliphatic hydroxyl groups is 2. The van der Waals surface area contributed by atoms with Crippen LogP contribution in [0.1, 0.15) is 32.1 Å². The fourth-order valence-electron chi connectivity index (χ4n) is 6.45. The monoisotopic (exact) mass is 320 g/mol. The first-order valence-corrected chi connectivity index (χ1v) is 8.35. The molecule has 0 aliphatic heterocycles. The summed E-state index contributed by atoms with van der Waals surface area (Å²) < 4.78 is 5.94. The number of fused-ring (bicyclic) bond motifs is 3. The minimum Gasteiger partial charge on any atom is -0.481 e. The maximum absolute atomic E-state index is 12.2. The number of hydrogen-bond donors (Lipinski definition) is 3. The summed E-state index contributed by atoms with van der Waals surface area (Å²) >= 11 is 0. The minimum absolute atomic E-state index is 0.0365. The van der Waals surface area contributed by atoms with Crippen LogP contribution in [0.4, 0.5) is 0 Å². The molecule has 0 amide bonds. The van der Waals surface area contributed by atoms with Gasteiger partial charge in [0.25, 0.3) is 0 Å². The standard InChI is InChI=1S/C18H24O5/c1-10-8-16-9-17(10,22)5-4-13(16)18(23-2)6-3-11(19)7-12(18)14(16)15(20)21/h3,6,11-14,19,22H,1,4-5,7-9H2,2H3,(H,20,21). The fourth-order valence-corrected chi connectivity index (χ4v) is 6.45. The van der Waals surface area contributed by atoms with E-state index in [1.54, 1.807) is 13.2 Å². The van der Waals surface area contributed by atoms with Crippen molar-refractivity contribution in [3.63, 3.8) is 0 Å². The highest BCUT2D eigenvalue weighted by atomic mass is 16.5. The van der Waals surface area contributed by atoms with E-state index in [1.807, 2.05) is 6.08 Å². The van der Waals surface area contributed by atoms with E-state index in [9.17, 15) is 20.1 Å². The average Bonchev–Trinajstić information content (AvgIpc) is 2.83. The summed E-state index contributed by atoms with van der Waals surface area (Å²) in [7, 11) is 1.64. The molecule has 0 saturated heterocycles. The summed E-state index contributed by atoms with van der Waals surface area (Å²) in [6.45, 7) is 4.05. The number of aliphatic carboxylic acids is 1. The average molecular weight is 320 g/mol. The Labute approximate surface area is 135 Å². The minimum atomic E-state index is -0.936. The van der Waals surface area contributed by atoms with Crippen LogP contribution < -0.4 is 0 Å².